The van der Waals surface area contributed by atoms with Crippen molar-refractivity contribution in [3.8, 4) is 0 Å². The average Bonchev–Trinajstić information content (AvgIpc) is 3.04. The smallest absolute Gasteiger partial charge is 0.332 e. The van der Waals surface area contributed by atoms with Gasteiger partial charge in [0.05, 0.1) is 19.3 Å². The van der Waals surface area contributed by atoms with Crippen LogP contribution in [0.15, 0.2) is 27.8 Å². The Morgan fingerprint density at radius 2 is 1.82 bits per heavy atom. The molecular formula is C17H19Cl2N5O4. The summed E-state index contributed by atoms with van der Waals surface area (Å²) < 4.78 is 3.80. The van der Waals surface area contributed by atoms with E-state index in [1.54, 1.807) is 22.8 Å². The molecule has 3 rings (SSSR count). The first-order valence-corrected chi connectivity index (χ1v) is 9.13. The number of benzene rings is 1. The van der Waals surface area contributed by atoms with Gasteiger partial charge in [0.15, 0.2) is 11.2 Å². The molecule has 0 amide bonds. The van der Waals surface area contributed by atoms with Crippen LogP contribution in [0.5, 0.6) is 0 Å². The van der Waals surface area contributed by atoms with Crippen LogP contribution in [0.2, 0.25) is 10.0 Å². The molecule has 0 saturated heterocycles. The minimum absolute atomic E-state index is 0.00959. The van der Waals surface area contributed by atoms with Crippen molar-refractivity contribution in [3.63, 3.8) is 0 Å². The molecule has 150 valence electrons. The van der Waals surface area contributed by atoms with E-state index in [4.69, 9.17) is 28.3 Å². The molecule has 11 heteroatoms. The van der Waals surface area contributed by atoms with E-state index in [-0.39, 0.29) is 30.2 Å². The number of aromatic nitrogens is 4. The molecule has 3 aromatic rings. The summed E-state index contributed by atoms with van der Waals surface area (Å²) in [4.78, 5) is 29.4. The molecule has 9 nitrogen and oxygen atoms in total. The lowest BCUT2D eigenvalue weighted by molar-refractivity contribution is 0.105. The zero-order valence-corrected chi connectivity index (χ0v) is 16.7. The van der Waals surface area contributed by atoms with Crippen molar-refractivity contribution in [1.82, 2.24) is 18.7 Å². The maximum Gasteiger partial charge on any atom is 0.332 e. The topological polar surface area (TPSA) is 114 Å². The first-order valence-electron chi connectivity index (χ1n) is 8.38. The number of aryl methyl sites for hydroxylation is 1. The Bertz CT molecular complexity index is 1130. The molecule has 3 N–H and O–H groups in total. The van der Waals surface area contributed by atoms with Gasteiger partial charge in [-0.2, -0.15) is 4.98 Å². The molecule has 0 aliphatic heterocycles. The van der Waals surface area contributed by atoms with Gasteiger partial charge in [-0.1, -0.05) is 29.3 Å². The Hall–Kier alpha value is -2.33. The van der Waals surface area contributed by atoms with E-state index < -0.39 is 24.0 Å². The summed E-state index contributed by atoms with van der Waals surface area (Å²) in [6.45, 7) is -0.339. The summed E-state index contributed by atoms with van der Waals surface area (Å²) in [5, 5.41) is 22.4. The maximum absolute atomic E-state index is 12.8. The molecule has 0 aliphatic carbocycles. The predicted octanol–water partition coefficient (Wildman–Crippen LogP) is 0.554. The largest absolute Gasteiger partial charge is 0.394 e. The normalized spacial score (nSPS) is 12.5. The highest BCUT2D eigenvalue weighted by molar-refractivity contribution is 6.36. The van der Waals surface area contributed by atoms with Gasteiger partial charge in [-0.15, -0.1) is 0 Å². The third-order valence-corrected chi connectivity index (χ3v) is 5.14. The Labute approximate surface area is 169 Å². The first kappa shape index (κ1) is 20.4. The number of nitrogens with zero attached hydrogens (tertiary/aromatic N) is 4. The van der Waals surface area contributed by atoms with Gasteiger partial charge < -0.3 is 15.5 Å². The number of rotatable bonds is 6. The van der Waals surface area contributed by atoms with Crippen molar-refractivity contribution >= 4 is 40.3 Å². The van der Waals surface area contributed by atoms with Crippen LogP contribution in [-0.4, -0.2) is 48.2 Å². The first-order chi connectivity index (χ1) is 13.3. The fraction of sp³-hybridized carbons (Fsp3) is 0.353. The van der Waals surface area contributed by atoms with Crippen LogP contribution < -0.4 is 16.6 Å². The van der Waals surface area contributed by atoms with E-state index in [2.05, 4.69) is 10.3 Å². The zero-order chi connectivity index (χ0) is 20.6. The lowest BCUT2D eigenvalue weighted by Gasteiger charge is -2.14. The van der Waals surface area contributed by atoms with Gasteiger partial charge in [0, 0.05) is 36.2 Å². The molecule has 0 aliphatic rings. The van der Waals surface area contributed by atoms with Gasteiger partial charge in [0.25, 0.3) is 5.56 Å². The molecular weight excluding hydrogens is 409 g/mol. The average molecular weight is 428 g/mol. The summed E-state index contributed by atoms with van der Waals surface area (Å²) in [6, 6.07) is 5.07. The van der Waals surface area contributed by atoms with E-state index in [0.29, 0.717) is 15.6 Å². The minimum Gasteiger partial charge on any atom is -0.394 e. The highest BCUT2D eigenvalue weighted by atomic mass is 35.5. The maximum atomic E-state index is 12.8. The fourth-order valence-electron chi connectivity index (χ4n) is 2.85. The zero-order valence-electron chi connectivity index (χ0n) is 15.2. The Kier molecular flexibility index (Phi) is 5.80. The SMILES string of the molecule is Cn1c(=O)c2c(nc(NC[C@@H](O)CO)n2Cc2c(Cl)cccc2Cl)n(C)c1=O. The lowest BCUT2D eigenvalue weighted by atomic mass is 10.2. The molecule has 0 saturated carbocycles. The van der Waals surface area contributed by atoms with Crippen LogP contribution >= 0.6 is 23.2 Å². The second-order valence-corrected chi connectivity index (χ2v) is 7.13. The van der Waals surface area contributed by atoms with Gasteiger partial charge in [0.2, 0.25) is 5.95 Å². The van der Waals surface area contributed by atoms with Crippen molar-refractivity contribution in [1.29, 1.82) is 0 Å². The van der Waals surface area contributed by atoms with Crippen LogP contribution in [0, 0.1) is 0 Å². The second-order valence-electron chi connectivity index (χ2n) is 6.32. The molecule has 0 spiro atoms. The van der Waals surface area contributed by atoms with Crippen molar-refractivity contribution in [2.45, 2.75) is 12.6 Å². The number of anilines is 1. The number of aliphatic hydroxyl groups is 2. The quantitative estimate of drug-likeness (QED) is 0.529. The summed E-state index contributed by atoms with van der Waals surface area (Å²) in [5.74, 6) is 0.233. The molecule has 0 unspecified atom stereocenters. The number of halogens is 2. The fourth-order valence-corrected chi connectivity index (χ4v) is 3.37. The van der Waals surface area contributed by atoms with Crippen molar-refractivity contribution < 1.29 is 10.2 Å². The molecule has 0 fully saturated rings. The van der Waals surface area contributed by atoms with E-state index >= 15 is 0 Å². The highest BCUT2D eigenvalue weighted by Gasteiger charge is 2.21. The number of aliphatic hydroxyl groups excluding tert-OH is 2. The van der Waals surface area contributed by atoms with E-state index in [1.807, 2.05) is 0 Å². The number of imidazole rings is 1. The van der Waals surface area contributed by atoms with Crippen LogP contribution in [0.1, 0.15) is 5.56 Å². The molecule has 1 aromatic carbocycles. The molecule has 1 atom stereocenters. The minimum atomic E-state index is -1.02. The van der Waals surface area contributed by atoms with Gasteiger partial charge in [-0.05, 0) is 12.1 Å². The number of nitrogens with one attached hydrogen (secondary N) is 1. The molecule has 0 radical (unpaired) electrons. The molecule has 0 bridgehead atoms. The summed E-state index contributed by atoms with van der Waals surface area (Å²) in [6.07, 6.45) is -1.02. The van der Waals surface area contributed by atoms with Crippen molar-refractivity contribution in [3.05, 3.63) is 54.6 Å². The summed E-state index contributed by atoms with van der Waals surface area (Å²) in [7, 11) is 2.89. The monoisotopic (exact) mass is 427 g/mol. The Balaban J connectivity index is 2.25. The van der Waals surface area contributed by atoms with E-state index in [9.17, 15) is 14.7 Å². The summed E-state index contributed by atoms with van der Waals surface area (Å²) >= 11 is 12.6. The van der Waals surface area contributed by atoms with E-state index in [1.165, 1.54) is 18.7 Å². The number of hydrogen-bond donors (Lipinski definition) is 3. The van der Waals surface area contributed by atoms with Crippen LogP contribution in [0.25, 0.3) is 11.2 Å². The Morgan fingerprint density at radius 1 is 1.18 bits per heavy atom. The standard InChI is InChI=1S/C17H19Cl2N5O4/c1-22-14-13(15(27)23(2)17(22)28)24(16(21-14)20-6-9(26)8-25)7-10-11(18)4-3-5-12(10)19/h3-5,9,25-26H,6-8H2,1-2H3,(H,20,21)/t9-/m1/s1. The van der Waals surface area contributed by atoms with Crippen LogP contribution in [0.3, 0.4) is 0 Å². The van der Waals surface area contributed by atoms with Crippen LogP contribution in [0.4, 0.5) is 5.95 Å². The van der Waals surface area contributed by atoms with Crippen molar-refractivity contribution in [2.75, 3.05) is 18.5 Å². The van der Waals surface area contributed by atoms with Gasteiger partial charge in [-0.25, -0.2) is 4.79 Å². The number of fused-ring (bicyclic) bond motifs is 1. The van der Waals surface area contributed by atoms with Gasteiger partial charge >= 0.3 is 5.69 Å². The number of hydrogen-bond acceptors (Lipinski definition) is 6. The molecule has 2 aromatic heterocycles. The van der Waals surface area contributed by atoms with Gasteiger partial charge in [0.1, 0.15) is 0 Å². The Morgan fingerprint density at radius 3 is 2.43 bits per heavy atom. The van der Waals surface area contributed by atoms with Crippen LogP contribution in [-0.2, 0) is 20.6 Å². The molecule has 28 heavy (non-hydrogen) atoms. The van der Waals surface area contributed by atoms with E-state index in [0.717, 1.165) is 4.57 Å². The highest BCUT2D eigenvalue weighted by Crippen LogP contribution is 2.27. The third-order valence-electron chi connectivity index (χ3n) is 4.43. The summed E-state index contributed by atoms with van der Waals surface area (Å²) in [5.41, 5.74) is -0.102. The molecule has 2 heterocycles. The lowest BCUT2D eigenvalue weighted by Crippen LogP contribution is -2.37. The van der Waals surface area contributed by atoms with Gasteiger partial charge in [-0.3, -0.25) is 18.5 Å². The second kappa shape index (κ2) is 7.96. The predicted molar refractivity (Wildman–Crippen MR) is 107 cm³/mol. The van der Waals surface area contributed by atoms with Crippen molar-refractivity contribution in [2.24, 2.45) is 14.1 Å². The third kappa shape index (κ3) is 3.53.